The molecule has 0 bridgehead atoms. The van der Waals surface area contributed by atoms with Crippen LogP contribution in [0, 0.1) is 0 Å². The van der Waals surface area contributed by atoms with Crippen LogP contribution in [0.5, 0.6) is 0 Å². The van der Waals surface area contributed by atoms with E-state index in [0.717, 1.165) is 23.0 Å². The molecule has 1 unspecified atom stereocenters. The Bertz CT molecular complexity index is 1200. The number of fused-ring (bicyclic) bond motifs is 4. The van der Waals surface area contributed by atoms with Crippen molar-refractivity contribution in [1.29, 1.82) is 0 Å². The molecule has 1 aromatic heterocycles. The van der Waals surface area contributed by atoms with Gasteiger partial charge >= 0.3 is 6.09 Å². The summed E-state index contributed by atoms with van der Waals surface area (Å²) in [7, 11) is 1.80. The fraction of sp³-hybridized carbons (Fsp3) is 0.222. The maximum Gasteiger partial charge on any atom is 0.409 e. The minimum atomic E-state index is -0.298. The van der Waals surface area contributed by atoms with Crippen LogP contribution in [0.4, 0.5) is 4.79 Å². The molecule has 1 aliphatic rings. The summed E-state index contributed by atoms with van der Waals surface area (Å²) in [5, 5.41) is 1.08. The number of nitrogens with zero attached hydrogens (tertiary/aromatic N) is 1. The van der Waals surface area contributed by atoms with Gasteiger partial charge in [0.2, 0.25) is 0 Å². The van der Waals surface area contributed by atoms with E-state index in [1.807, 2.05) is 37.3 Å². The molecule has 4 aromatic rings. The number of ether oxygens (including phenoxy) is 1. The second kappa shape index (κ2) is 7.95. The largest absolute Gasteiger partial charge is 0.464 e. The third-order valence-electron chi connectivity index (χ3n) is 6.34. The van der Waals surface area contributed by atoms with Crippen molar-refractivity contribution in [2.45, 2.75) is 25.3 Å². The van der Waals surface area contributed by atoms with Crippen LogP contribution in [-0.2, 0) is 11.2 Å². The second-order valence-corrected chi connectivity index (χ2v) is 8.26. The maximum absolute atomic E-state index is 12.8. The van der Waals surface area contributed by atoms with Crippen LogP contribution in [0.2, 0.25) is 0 Å². The molecule has 0 saturated carbocycles. The smallest absolute Gasteiger partial charge is 0.409 e. The Balaban J connectivity index is 1.26. The van der Waals surface area contributed by atoms with Gasteiger partial charge in [0.15, 0.2) is 0 Å². The first-order valence-corrected chi connectivity index (χ1v) is 10.7. The van der Waals surface area contributed by atoms with Crippen LogP contribution in [0.15, 0.2) is 83.5 Å². The van der Waals surface area contributed by atoms with Gasteiger partial charge in [-0.25, -0.2) is 4.79 Å². The van der Waals surface area contributed by atoms with E-state index in [4.69, 9.17) is 9.15 Å². The second-order valence-electron chi connectivity index (χ2n) is 8.26. The lowest BCUT2D eigenvalue weighted by Gasteiger charge is -2.25. The van der Waals surface area contributed by atoms with Crippen molar-refractivity contribution in [3.63, 3.8) is 0 Å². The van der Waals surface area contributed by atoms with Crippen molar-refractivity contribution >= 4 is 17.1 Å². The molecule has 0 saturated heterocycles. The molecular weight excluding hydrogens is 386 g/mol. The van der Waals surface area contributed by atoms with E-state index in [2.05, 4.69) is 42.5 Å². The van der Waals surface area contributed by atoms with Gasteiger partial charge < -0.3 is 14.1 Å². The highest BCUT2D eigenvalue weighted by Crippen LogP contribution is 2.44. The highest BCUT2D eigenvalue weighted by molar-refractivity contribution is 5.79. The summed E-state index contributed by atoms with van der Waals surface area (Å²) in [4.78, 5) is 14.5. The average molecular weight is 412 g/mol. The first-order valence-electron chi connectivity index (χ1n) is 10.7. The number of rotatable bonds is 5. The van der Waals surface area contributed by atoms with E-state index >= 15 is 0 Å². The molecule has 0 fully saturated rings. The molecule has 0 N–H and O–H groups in total. The summed E-state index contributed by atoms with van der Waals surface area (Å²) >= 11 is 0. The average Bonchev–Trinajstić information content (AvgIpc) is 3.39. The Hall–Kier alpha value is -3.53. The number of amides is 1. The Kier molecular flexibility index (Phi) is 4.99. The Morgan fingerprint density at radius 2 is 1.68 bits per heavy atom. The van der Waals surface area contributed by atoms with Gasteiger partial charge in [0.05, 0.1) is 6.26 Å². The van der Waals surface area contributed by atoms with E-state index in [1.54, 1.807) is 18.2 Å². The third kappa shape index (κ3) is 3.59. The minimum absolute atomic E-state index is 0.00284. The molecule has 31 heavy (non-hydrogen) atoms. The zero-order chi connectivity index (χ0) is 21.4. The molecular formula is C27H25NO3. The molecule has 0 aliphatic heterocycles. The number of likely N-dealkylation sites (N-methyl/N-ethyl adjacent to an activating group) is 1. The molecule has 4 heteroatoms. The summed E-state index contributed by atoms with van der Waals surface area (Å²) in [5.74, 6) is 0.0708. The molecule has 5 rings (SSSR count). The molecule has 4 nitrogen and oxygen atoms in total. The van der Waals surface area contributed by atoms with Crippen molar-refractivity contribution in [1.82, 2.24) is 4.90 Å². The van der Waals surface area contributed by atoms with Gasteiger partial charge in [-0.1, -0.05) is 60.7 Å². The van der Waals surface area contributed by atoms with Gasteiger partial charge in [-0.3, -0.25) is 0 Å². The Morgan fingerprint density at radius 3 is 2.39 bits per heavy atom. The predicted octanol–water partition coefficient (Wildman–Crippen LogP) is 6.24. The van der Waals surface area contributed by atoms with Gasteiger partial charge in [0.1, 0.15) is 12.2 Å². The van der Waals surface area contributed by atoms with Crippen LogP contribution in [-0.4, -0.2) is 30.7 Å². The predicted molar refractivity (Wildman–Crippen MR) is 122 cm³/mol. The van der Waals surface area contributed by atoms with E-state index in [0.29, 0.717) is 6.61 Å². The summed E-state index contributed by atoms with van der Waals surface area (Å²) in [6.45, 7) is 2.37. The monoisotopic (exact) mass is 411 g/mol. The molecule has 3 aromatic carbocycles. The highest BCUT2D eigenvalue weighted by atomic mass is 16.6. The van der Waals surface area contributed by atoms with Crippen LogP contribution in [0.3, 0.4) is 0 Å². The number of hydrogen-bond donors (Lipinski definition) is 0. The summed E-state index contributed by atoms with van der Waals surface area (Å²) in [6, 6.07) is 24.9. The highest BCUT2D eigenvalue weighted by Gasteiger charge is 2.29. The molecule has 1 aliphatic carbocycles. The Labute approximate surface area is 182 Å². The first-order chi connectivity index (χ1) is 15.1. The molecule has 1 atom stereocenters. The van der Waals surface area contributed by atoms with Gasteiger partial charge in [0.25, 0.3) is 0 Å². The van der Waals surface area contributed by atoms with Gasteiger partial charge in [-0.05, 0) is 53.3 Å². The lowest BCUT2D eigenvalue weighted by molar-refractivity contribution is 0.0970. The van der Waals surface area contributed by atoms with Gasteiger partial charge in [-0.15, -0.1) is 0 Å². The molecule has 0 spiro atoms. The van der Waals surface area contributed by atoms with E-state index < -0.39 is 0 Å². The molecule has 156 valence electrons. The SMILES string of the molecule is CC(Cc1ccc2ccoc2c1)N(C)C(=O)OCC1c2ccccc2-c2ccccc21. The normalized spacial score (nSPS) is 13.6. The number of carbonyl (C=O) groups is 1. The summed E-state index contributed by atoms with van der Waals surface area (Å²) < 4.78 is 11.3. The molecule has 1 heterocycles. The zero-order valence-corrected chi connectivity index (χ0v) is 17.7. The fourth-order valence-electron chi connectivity index (χ4n) is 4.48. The van der Waals surface area contributed by atoms with Crippen molar-refractivity contribution in [2.24, 2.45) is 0 Å². The molecule has 1 amide bonds. The topological polar surface area (TPSA) is 42.7 Å². The van der Waals surface area contributed by atoms with E-state index in [9.17, 15) is 4.79 Å². The minimum Gasteiger partial charge on any atom is -0.464 e. The van der Waals surface area contributed by atoms with Crippen molar-refractivity contribution in [2.75, 3.05) is 13.7 Å². The van der Waals surface area contributed by atoms with E-state index in [1.165, 1.54) is 22.3 Å². The quantitative estimate of drug-likeness (QED) is 0.390. The van der Waals surface area contributed by atoms with Crippen molar-refractivity contribution < 1.29 is 13.9 Å². The lowest BCUT2D eigenvalue weighted by Crippen LogP contribution is -2.37. The van der Waals surface area contributed by atoms with Crippen LogP contribution in [0.25, 0.3) is 22.1 Å². The zero-order valence-electron chi connectivity index (χ0n) is 17.7. The number of benzene rings is 3. The fourth-order valence-corrected chi connectivity index (χ4v) is 4.48. The number of furan rings is 1. The summed E-state index contributed by atoms with van der Waals surface area (Å²) in [5.41, 5.74) is 6.91. The van der Waals surface area contributed by atoms with Crippen LogP contribution < -0.4 is 0 Å². The van der Waals surface area contributed by atoms with Crippen molar-refractivity contribution in [3.8, 4) is 11.1 Å². The summed E-state index contributed by atoms with van der Waals surface area (Å²) in [6.07, 6.45) is 2.13. The van der Waals surface area contributed by atoms with Crippen LogP contribution >= 0.6 is 0 Å². The van der Waals surface area contributed by atoms with Gasteiger partial charge in [-0.2, -0.15) is 0 Å². The first kappa shape index (κ1) is 19.4. The van der Waals surface area contributed by atoms with Gasteiger partial charge in [0, 0.05) is 24.4 Å². The van der Waals surface area contributed by atoms with E-state index in [-0.39, 0.29) is 18.1 Å². The maximum atomic E-state index is 12.8. The Morgan fingerprint density at radius 1 is 1.00 bits per heavy atom. The standard InChI is InChI=1S/C27H25NO3/c1-18(15-19-11-12-20-13-14-30-26(20)16-19)28(2)27(29)31-17-25-23-9-5-3-7-21(23)22-8-4-6-10-24(22)25/h3-14,16,18,25H,15,17H2,1-2H3. The number of carbonyl (C=O) groups excluding carboxylic acids is 1. The molecule has 0 radical (unpaired) electrons. The lowest BCUT2D eigenvalue weighted by atomic mass is 9.98. The van der Waals surface area contributed by atoms with Crippen molar-refractivity contribution in [3.05, 3.63) is 95.7 Å². The number of hydrogen-bond acceptors (Lipinski definition) is 3. The third-order valence-corrected chi connectivity index (χ3v) is 6.34. The van der Waals surface area contributed by atoms with Crippen LogP contribution in [0.1, 0.15) is 29.5 Å².